The predicted octanol–water partition coefficient (Wildman–Crippen LogP) is 4.96. The van der Waals surface area contributed by atoms with Crippen LogP contribution in [0.15, 0.2) is 79.3 Å². The third-order valence-corrected chi connectivity index (χ3v) is 7.94. The Labute approximate surface area is 229 Å². The fourth-order valence-corrected chi connectivity index (χ4v) is 5.98. The summed E-state index contributed by atoms with van der Waals surface area (Å²) in [6, 6.07) is 21.2. The molecule has 38 heavy (non-hydrogen) atoms. The average molecular weight is 525 g/mol. The first kappa shape index (κ1) is 24.6. The number of morpholine rings is 1. The summed E-state index contributed by atoms with van der Waals surface area (Å²) >= 11 is 5.97. The molecular weight excluding hydrogens is 492 g/mol. The van der Waals surface area contributed by atoms with Crippen LogP contribution in [0, 0.1) is 13.8 Å². The Morgan fingerprint density at radius 1 is 0.947 bits per heavy atom. The molecule has 3 aromatic heterocycles. The van der Waals surface area contributed by atoms with Gasteiger partial charge < -0.3 is 24.4 Å². The molecule has 7 nitrogen and oxygen atoms in total. The highest BCUT2D eigenvalue weighted by atomic mass is 32.1. The smallest absolute Gasteiger partial charge is 0.174 e. The van der Waals surface area contributed by atoms with Gasteiger partial charge in [-0.2, -0.15) is 0 Å². The highest BCUT2D eigenvalue weighted by Crippen LogP contribution is 2.43. The summed E-state index contributed by atoms with van der Waals surface area (Å²) in [5.74, 6) is 0. The number of benzene rings is 1. The van der Waals surface area contributed by atoms with E-state index in [1.165, 1.54) is 28.2 Å². The summed E-state index contributed by atoms with van der Waals surface area (Å²) in [6.07, 6.45) is 5.55. The Hall–Kier alpha value is -3.75. The van der Waals surface area contributed by atoms with Crippen LogP contribution >= 0.6 is 12.2 Å². The van der Waals surface area contributed by atoms with Gasteiger partial charge in [-0.1, -0.05) is 6.07 Å². The predicted molar refractivity (Wildman–Crippen MR) is 155 cm³/mol. The minimum atomic E-state index is -0.0718. The molecule has 2 aliphatic heterocycles. The minimum absolute atomic E-state index is 0.0379. The quantitative estimate of drug-likeness (QED) is 0.358. The molecule has 1 N–H and O–H groups in total. The summed E-state index contributed by atoms with van der Waals surface area (Å²) in [7, 11) is 0. The van der Waals surface area contributed by atoms with Gasteiger partial charge in [0.1, 0.15) is 0 Å². The van der Waals surface area contributed by atoms with Gasteiger partial charge in [-0.15, -0.1) is 0 Å². The minimum Gasteiger partial charge on any atom is -0.378 e. The zero-order valence-corrected chi connectivity index (χ0v) is 22.6. The molecule has 0 aliphatic carbocycles. The Kier molecular flexibility index (Phi) is 6.82. The number of aromatic nitrogens is 3. The highest BCUT2D eigenvalue weighted by molar-refractivity contribution is 7.80. The van der Waals surface area contributed by atoms with Gasteiger partial charge >= 0.3 is 0 Å². The van der Waals surface area contributed by atoms with Crippen LogP contribution in [0.25, 0.3) is 0 Å². The number of thiocarbonyl (C=S) groups is 1. The van der Waals surface area contributed by atoms with E-state index in [4.69, 9.17) is 21.9 Å². The third kappa shape index (κ3) is 4.66. The number of nitrogens with one attached hydrogen (secondary N) is 1. The molecule has 0 unspecified atom stereocenters. The van der Waals surface area contributed by atoms with Crippen molar-refractivity contribution in [3.63, 3.8) is 0 Å². The van der Waals surface area contributed by atoms with Crippen molar-refractivity contribution in [3.8, 4) is 0 Å². The number of rotatable bonds is 6. The lowest BCUT2D eigenvalue weighted by atomic mass is 9.96. The van der Waals surface area contributed by atoms with Gasteiger partial charge in [0.05, 0.1) is 31.0 Å². The number of aryl methyl sites for hydroxylation is 1. The van der Waals surface area contributed by atoms with Crippen molar-refractivity contribution in [3.05, 3.63) is 107 Å². The second kappa shape index (κ2) is 10.6. The fourth-order valence-electron chi connectivity index (χ4n) is 5.64. The monoisotopic (exact) mass is 524 g/mol. The van der Waals surface area contributed by atoms with E-state index in [-0.39, 0.29) is 12.1 Å². The molecule has 0 saturated carbocycles. The van der Waals surface area contributed by atoms with E-state index in [1.54, 1.807) is 0 Å². The lowest BCUT2D eigenvalue weighted by Crippen LogP contribution is -2.36. The average Bonchev–Trinajstić information content (AvgIpc) is 3.45. The van der Waals surface area contributed by atoms with Gasteiger partial charge in [-0.25, -0.2) is 0 Å². The molecule has 5 heterocycles. The number of nitrogens with zero attached hydrogens (tertiary/aromatic N) is 5. The van der Waals surface area contributed by atoms with Crippen molar-refractivity contribution in [2.75, 3.05) is 36.1 Å². The van der Waals surface area contributed by atoms with Crippen molar-refractivity contribution in [2.45, 2.75) is 32.5 Å². The zero-order valence-electron chi connectivity index (χ0n) is 21.7. The van der Waals surface area contributed by atoms with Crippen LogP contribution in [-0.4, -0.2) is 46.0 Å². The van der Waals surface area contributed by atoms with Gasteiger partial charge in [0.15, 0.2) is 5.11 Å². The van der Waals surface area contributed by atoms with Crippen LogP contribution in [0.5, 0.6) is 0 Å². The van der Waals surface area contributed by atoms with Crippen LogP contribution < -0.4 is 15.1 Å². The Balaban J connectivity index is 1.39. The Bertz CT molecular complexity index is 1400. The second-order valence-electron chi connectivity index (χ2n) is 9.88. The normalized spacial score (nSPS) is 19.6. The number of ether oxygens (including phenoxy) is 1. The lowest BCUT2D eigenvalue weighted by Gasteiger charge is -2.31. The van der Waals surface area contributed by atoms with Crippen LogP contribution in [0.4, 0.5) is 11.4 Å². The molecule has 8 heteroatoms. The number of hydrogen-bond donors (Lipinski definition) is 1. The Morgan fingerprint density at radius 2 is 1.68 bits per heavy atom. The molecule has 2 saturated heterocycles. The van der Waals surface area contributed by atoms with Crippen LogP contribution in [-0.2, 0) is 11.3 Å². The maximum Gasteiger partial charge on any atom is 0.174 e. The van der Waals surface area contributed by atoms with Crippen LogP contribution in [0.3, 0.4) is 0 Å². The standard InChI is InChI=1S/C30H32N6OS/c1-21-19-26(22(2)35(21)20-23-10-13-31-14-11-23)29-28(27-5-3-4-12-32-27)33-30(38)36(29)25-8-6-24(7-9-25)34-15-17-37-18-16-34/h3-14,19,28-29H,15-18,20H2,1-2H3,(H,33,38)/t28-,29+/m1/s1. The second-order valence-corrected chi connectivity index (χ2v) is 10.3. The summed E-state index contributed by atoms with van der Waals surface area (Å²) in [6.45, 7) is 8.55. The molecule has 2 fully saturated rings. The summed E-state index contributed by atoms with van der Waals surface area (Å²) in [5.41, 5.74) is 8.18. The van der Waals surface area contributed by atoms with Gasteiger partial charge in [0.25, 0.3) is 0 Å². The van der Waals surface area contributed by atoms with Crippen molar-refractivity contribution in [2.24, 2.45) is 0 Å². The third-order valence-electron chi connectivity index (χ3n) is 7.62. The van der Waals surface area contributed by atoms with Crippen LogP contribution in [0.2, 0.25) is 0 Å². The maximum atomic E-state index is 5.97. The molecule has 2 atom stereocenters. The summed E-state index contributed by atoms with van der Waals surface area (Å²) in [4.78, 5) is 13.5. The van der Waals surface area contributed by atoms with E-state index in [2.05, 4.69) is 87.0 Å². The van der Waals surface area contributed by atoms with Gasteiger partial charge in [0, 0.05) is 61.0 Å². The maximum absolute atomic E-state index is 5.97. The van der Waals surface area contributed by atoms with E-state index < -0.39 is 0 Å². The van der Waals surface area contributed by atoms with Crippen molar-refractivity contribution in [1.82, 2.24) is 19.9 Å². The van der Waals surface area contributed by atoms with Gasteiger partial charge in [0.2, 0.25) is 0 Å². The first-order valence-electron chi connectivity index (χ1n) is 13.1. The zero-order chi connectivity index (χ0) is 26.1. The van der Waals surface area contributed by atoms with Gasteiger partial charge in [-0.3, -0.25) is 9.97 Å². The summed E-state index contributed by atoms with van der Waals surface area (Å²) < 4.78 is 7.91. The van der Waals surface area contributed by atoms with E-state index in [0.29, 0.717) is 5.11 Å². The molecular formula is C30H32N6OS. The molecule has 0 spiro atoms. The molecule has 1 aromatic carbocycles. The van der Waals surface area contributed by atoms with Gasteiger partial charge in [-0.05, 0) is 91.8 Å². The summed E-state index contributed by atoms with van der Waals surface area (Å²) in [5, 5.41) is 4.31. The van der Waals surface area contributed by atoms with Crippen molar-refractivity contribution in [1.29, 1.82) is 0 Å². The molecule has 194 valence electrons. The molecule has 0 radical (unpaired) electrons. The SMILES string of the molecule is Cc1cc([C@H]2[C@@H](c3ccccn3)NC(=S)N2c2ccc(N3CCOCC3)cc2)c(C)n1Cc1ccncc1. The number of anilines is 2. The Morgan fingerprint density at radius 3 is 2.39 bits per heavy atom. The molecule has 0 bridgehead atoms. The molecule has 0 amide bonds. The topological polar surface area (TPSA) is 58.5 Å². The fraction of sp³-hybridized carbons (Fsp3) is 0.300. The largest absolute Gasteiger partial charge is 0.378 e. The van der Waals surface area contributed by atoms with E-state index in [1.807, 2.05) is 30.7 Å². The number of hydrogen-bond acceptors (Lipinski definition) is 5. The first-order chi connectivity index (χ1) is 18.6. The molecule has 2 aliphatic rings. The van der Waals surface area contributed by atoms with Crippen molar-refractivity contribution < 1.29 is 4.74 Å². The molecule has 6 rings (SSSR count). The van der Waals surface area contributed by atoms with E-state index >= 15 is 0 Å². The van der Waals surface area contributed by atoms with E-state index in [9.17, 15) is 0 Å². The molecule has 4 aromatic rings. The number of pyridine rings is 2. The lowest BCUT2D eigenvalue weighted by molar-refractivity contribution is 0.122. The van der Waals surface area contributed by atoms with Crippen molar-refractivity contribution >= 4 is 28.7 Å². The highest BCUT2D eigenvalue weighted by Gasteiger charge is 2.42. The van der Waals surface area contributed by atoms with Crippen LogP contribution in [0.1, 0.15) is 40.3 Å². The first-order valence-corrected chi connectivity index (χ1v) is 13.5. The van der Waals surface area contributed by atoms with E-state index in [0.717, 1.165) is 44.2 Å².